The molecule has 0 saturated carbocycles. The number of hydrogen-bond donors (Lipinski definition) is 1. The summed E-state index contributed by atoms with van der Waals surface area (Å²) in [7, 11) is -1.30. The van der Waals surface area contributed by atoms with E-state index in [1.54, 1.807) is 20.9 Å². The second-order valence-corrected chi connectivity index (χ2v) is 12.6. The molecule has 7 heteroatoms. The van der Waals surface area contributed by atoms with Crippen LogP contribution in [0, 0.1) is 11.8 Å². The maximum atomic E-state index is 12.3. The topological polar surface area (TPSA) is 65.0 Å². The van der Waals surface area contributed by atoms with Crippen LogP contribution in [-0.4, -0.2) is 67.9 Å². The van der Waals surface area contributed by atoms with Crippen LogP contribution in [0.2, 0.25) is 0 Å². The molecule has 0 aromatic heterocycles. The van der Waals surface area contributed by atoms with Crippen LogP contribution in [-0.2, 0) is 22.9 Å². The number of nitrogens with one attached hydrogen (secondary N) is 1. The zero-order chi connectivity index (χ0) is 21.9. The molecule has 3 rings (SSSR count). The van der Waals surface area contributed by atoms with E-state index in [4.69, 9.17) is 0 Å². The molecule has 6 nitrogen and oxygen atoms in total. The van der Waals surface area contributed by atoms with Crippen molar-refractivity contribution < 1.29 is 8.42 Å². The van der Waals surface area contributed by atoms with Crippen molar-refractivity contribution >= 4 is 15.8 Å². The van der Waals surface area contributed by atoms with Gasteiger partial charge in [0.15, 0.2) is 15.8 Å². The number of benzene rings is 1. The zero-order valence-corrected chi connectivity index (χ0v) is 20.0. The van der Waals surface area contributed by atoms with Crippen LogP contribution in [0.15, 0.2) is 29.3 Å². The van der Waals surface area contributed by atoms with E-state index in [1.807, 2.05) is 0 Å². The van der Waals surface area contributed by atoms with E-state index in [1.165, 1.54) is 17.5 Å². The molecule has 2 atom stereocenters. The molecule has 2 unspecified atom stereocenters. The molecule has 0 radical (unpaired) electrons. The molecule has 0 bridgehead atoms. The van der Waals surface area contributed by atoms with E-state index in [2.05, 4.69) is 58.2 Å². The average molecular weight is 435 g/mol. The van der Waals surface area contributed by atoms with Crippen molar-refractivity contribution in [1.29, 1.82) is 0 Å². The minimum atomic E-state index is -3.06. The molecule has 1 aromatic carbocycles. The molecule has 2 aliphatic rings. The fourth-order valence-electron chi connectivity index (χ4n) is 4.88. The predicted octanol–water partition coefficient (Wildman–Crippen LogP) is 2.75. The minimum absolute atomic E-state index is 0.169. The monoisotopic (exact) mass is 434 g/mol. The van der Waals surface area contributed by atoms with Crippen molar-refractivity contribution in [2.75, 3.05) is 39.0 Å². The average Bonchev–Trinajstić information content (AvgIpc) is 2.65. The van der Waals surface area contributed by atoms with Gasteiger partial charge in [0.25, 0.3) is 0 Å². The van der Waals surface area contributed by atoms with Gasteiger partial charge in [-0.25, -0.2) is 8.42 Å². The van der Waals surface area contributed by atoms with Gasteiger partial charge in [-0.15, -0.1) is 0 Å². The number of rotatable bonds is 4. The first-order valence-electron chi connectivity index (χ1n) is 11.1. The highest BCUT2D eigenvalue weighted by Gasteiger charge is 2.41. The lowest BCUT2D eigenvalue weighted by atomic mass is 9.91. The van der Waals surface area contributed by atoms with Crippen molar-refractivity contribution in [2.45, 2.75) is 52.0 Å². The summed E-state index contributed by atoms with van der Waals surface area (Å²) in [5.74, 6) is 2.43. The first-order valence-corrected chi connectivity index (χ1v) is 12.7. The van der Waals surface area contributed by atoms with Crippen LogP contribution < -0.4 is 5.32 Å². The number of guanidine groups is 1. The Kier molecular flexibility index (Phi) is 7.13. The van der Waals surface area contributed by atoms with Gasteiger partial charge in [0, 0.05) is 46.3 Å². The van der Waals surface area contributed by atoms with Crippen LogP contribution >= 0.6 is 0 Å². The lowest BCUT2D eigenvalue weighted by Crippen LogP contribution is -2.57. The molecule has 0 spiro atoms. The quantitative estimate of drug-likeness (QED) is 0.583. The largest absolute Gasteiger partial charge is 0.352 e. The Hall–Kier alpha value is -1.60. The molecule has 1 N–H and O–H groups in total. The Balaban J connectivity index is 1.65. The Morgan fingerprint density at radius 1 is 1.17 bits per heavy atom. The third-order valence-corrected chi connectivity index (χ3v) is 8.98. The molecule has 0 amide bonds. The maximum absolute atomic E-state index is 12.3. The molecule has 2 fully saturated rings. The van der Waals surface area contributed by atoms with Gasteiger partial charge in [-0.1, -0.05) is 38.1 Å². The Morgan fingerprint density at radius 3 is 2.40 bits per heavy atom. The van der Waals surface area contributed by atoms with Gasteiger partial charge in [0.1, 0.15) is 0 Å². The molecule has 1 aromatic rings. The van der Waals surface area contributed by atoms with E-state index >= 15 is 0 Å². The van der Waals surface area contributed by atoms with E-state index in [0.717, 1.165) is 37.4 Å². The molecule has 2 saturated heterocycles. The lowest BCUT2D eigenvalue weighted by Gasteiger charge is -2.39. The lowest BCUT2D eigenvalue weighted by molar-refractivity contribution is 0.134. The number of hydrogen-bond acceptors (Lipinski definition) is 4. The maximum Gasteiger partial charge on any atom is 0.193 e. The first-order chi connectivity index (χ1) is 14.1. The predicted molar refractivity (Wildman–Crippen MR) is 124 cm³/mol. The van der Waals surface area contributed by atoms with E-state index in [9.17, 15) is 8.42 Å². The fraction of sp³-hybridized carbons (Fsp3) is 0.696. The van der Waals surface area contributed by atoms with Crippen LogP contribution in [0.5, 0.6) is 0 Å². The van der Waals surface area contributed by atoms with E-state index < -0.39 is 14.6 Å². The van der Waals surface area contributed by atoms with Gasteiger partial charge in [-0.05, 0) is 43.2 Å². The van der Waals surface area contributed by atoms with Crippen molar-refractivity contribution in [3.63, 3.8) is 0 Å². The summed E-state index contributed by atoms with van der Waals surface area (Å²) in [5.41, 5.74) is 2.62. The molecule has 0 aliphatic carbocycles. The summed E-state index contributed by atoms with van der Waals surface area (Å²) in [6, 6.07) is 8.60. The van der Waals surface area contributed by atoms with Crippen LogP contribution in [0.25, 0.3) is 0 Å². The second-order valence-electron chi connectivity index (χ2n) is 9.81. The van der Waals surface area contributed by atoms with Gasteiger partial charge in [0.2, 0.25) is 0 Å². The first kappa shape index (κ1) is 23.1. The summed E-state index contributed by atoms with van der Waals surface area (Å²) >= 11 is 0. The number of likely N-dealkylation sites (tertiary alicyclic amines) is 1. The zero-order valence-electron chi connectivity index (χ0n) is 19.2. The SMILES string of the molecule is CN=C(NCc1ccccc1CN1CC(C)CC(C)C1)N1CCS(=O)(=O)C(C)(C)C1. The van der Waals surface area contributed by atoms with Gasteiger partial charge in [-0.3, -0.25) is 9.89 Å². The highest BCUT2D eigenvalue weighted by atomic mass is 32.2. The number of aliphatic imine (C=N–C) groups is 1. The van der Waals surface area contributed by atoms with Gasteiger partial charge in [0.05, 0.1) is 10.5 Å². The smallest absolute Gasteiger partial charge is 0.193 e. The molecule has 168 valence electrons. The van der Waals surface area contributed by atoms with Gasteiger partial charge < -0.3 is 10.2 Å². The number of nitrogens with zero attached hydrogens (tertiary/aromatic N) is 3. The van der Waals surface area contributed by atoms with Crippen molar-refractivity contribution in [3.8, 4) is 0 Å². The normalized spacial score (nSPS) is 27.1. The van der Waals surface area contributed by atoms with Gasteiger partial charge >= 0.3 is 0 Å². The Labute approximate surface area is 182 Å². The third kappa shape index (κ3) is 5.35. The fourth-order valence-corrected chi connectivity index (χ4v) is 6.24. The summed E-state index contributed by atoms with van der Waals surface area (Å²) in [4.78, 5) is 9.07. The summed E-state index contributed by atoms with van der Waals surface area (Å²) in [6.45, 7) is 13.2. The summed E-state index contributed by atoms with van der Waals surface area (Å²) in [6.07, 6.45) is 1.32. The van der Waals surface area contributed by atoms with Gasteiger partial charge in [-0.2, -0.15) is 0 Å². The Morgan fingerprint density at radius 2 is 1.80 bits per heavy atom. The molecular weight excluding hydrogens is 396 g/mol. The Bertz CT molecular complexity index is 856. The standard InChI is InChI=1S/C23H38N4O2S/c1-18-12-19(2)15-26(14-18)16-21-9-7-6-8-20(21)13-25-22(24-5)27-10-11-30(28,29)23(3,4)17-27/h6-9,18-19H,10-17H2,1-5H3,(H,24,25). The summed E-state index contributed by atoms with van der Waals surface area (Å²) < 4.78 is 23.9. The molecule has 2 heterocycles. The highest BCUT2D eigenvalue weighted by Crippen LogP contribution is 2.25. The molecular formula is C23H38N4O2S. The van der Waals surface area contributed by atoms with Crippen LogP contribution in [0.3, 0.4) is 0 Å². The van der Waals surface area contributed by atoms with Crippen LogP contribution in [0.4, 0.5) is 0 Å². The minimum Gasteiger partial charge on any atom is -0.352 e. The molecule has 30 heavy (non-hydrogen) atoms. The second kappa shape index (κ2) is 9.27. The highest BCUT2D eigenvalue weighted by molar-refractivity contribution is 7.92. The number of sulfone groups is 1. The molecule has 2 aliphatic heterocycles. The summed E-state index contributed by atoms with van der Waals surface area (Å²) in [5, 5.41) is 3.48. The third-order valence-electron chi connectivity index (χ3n) is 6.45. The van der Waals surface area contributed by atoms with Crippen LogP contribution in [0.1, 0.15) is 45.2 Å². The number of piperidine rings is 1. The van der Waals surface area contributed by atoms with E-state index in [-0.39, 0.29) is 5.75 Å². The van der Waals surface area contributed by atoms with Crippen molar-refractivity contribution in [2.24, 2.45) is 16.8 Å². The van der Waals surface area contributed by atoms with Crippen molar-refractivity contribution in [3.05, 3.63) is 35.4 Å². The van der Waals surface area contributed by atoms with E-state index in [0.29, 0.717) is 19.6 Å². The van der Waals surface area contributed by atoms with Crippen molar-refractivity contribution in [1.82, 2.24) is 15.1 Å².